The van der Waals surface area contributed by atoms with Crippen molar-refractivity contribution in [2.24, 2.45) is 16.3 Å². The van der Waals surface area contributed by atoms with Gasteiger partial charge in [0.1, 0.15) is 11.2 Å². The Bertz CT molecular complexity index is 571. The Morgan fingerprint density at radius 1 is 1.57 bits per heavy atom. The van der Waals surface area contributed by atoms with Gasteiger partial charge >= 0.3 is 0 Å². The number of carbonyl (C=O) groups is 1. The van der Waals surface area contributed by atoms with Crippen molar-refractivity contribution in [1.82, 2.24) is 5.32 Å². The number of halogens is 1. The number of ether oxygens (including phenoxy) is 1. The lowest BCUT2D eigenvalue weighted by Gasteiger charge is -2.38. The molecule has 1 saturated carbocycles. The summed E-state index contributed by atoms with van der Waals surface area (Å²) in [7, 11) is 1.54. The fraction of sp³-hybridized carbons (Fsp3) is 0.429. The zero-order chi connectivity index (χ0) is 15.5. The van der Waals surface area contributed by atoms with Crippen LogP contribution >= 0.6 is 11.6 Å². The molecular weight excluding hydrogens is 294 g/mol. The van der Waals surface area contributed by atoms with E-state index in [4.69, 9.17) is 27.3 Å². The monoisotopic (exact) mass is 311 g/mol. The highest BCUT2D eigenvalue weighted by atomic mass is 35.5. The van der Waals surface area contributed by atoms with Gasteiger partial charge in [0.05, 0.1) is 7.11 Å². The van der Waals surface area contributed by atoms with E-state index in [0.29, 0.717) is 29.2 Å². The van der Waals surface area contributed by atoms with Gasteiger partial charge in [-0.25, -0.2) is 0 Å². The number of hydrogen-bond donors (Lipinski definition) is 3. The third kappa shape index (κ3) is 2.76. The number of nitrogens with zero attached hydrogens (tertiary/aromatic N) is 1. The summed E-state index contributed by atoms with van der Waals surface area (Å²) >= 11 is 6.12. The molecule has 0 aromatic heterocycles. The molecule has 0 saturated heterocycles. The van der Waals surface area contributed by atoms with Gasteiger partial charge in [-0.05, 0) is 25.0 Å². The van der Waals surface area contributed by atoms with Crippen LogP contribution in [-0.2, 0) is 11.3 Å². The van der Waals surface area contributed by atoms with Crippen LogP contribution in [0.1, 0.15) is 24.8 Å². The predicted octanol–water partition coefficient (Wildman–Crippen LogP) is 1.88. The minimum atomic E-state index is -0.900. The van der Waals surface area contributed by atoms with Gasteiger partial charge in [-0.2, -0.15) is 0 Å². The van der Waals surface area contributed by atoms with E-state index in [1.165, 1.54) is 0 Å². The molecule has 1 fully saturated rings. The van der Waals surface area contributed by atoms with E-state index < -0.39 is 5.41 Å². The average molecular weight is 312 g/mol. The molecule has 4 N–H and O–H groups in total. The normalized spacial score (nSPS) is 17.0. The van der Waals surface area contributed by atoms with E-state index in [0.717, 1.165) is 6.42 Å². The van der Waals surface area contributed by atoms with Crippen LogP contribution in [0.15, 0.2) is 23.4 Å². The summed E-state index contributed by atoms with van der Waals surface area (Å²) in [6, 6.07) is 5.28. The number of oxime groups is 1. The SMILES string of the molecule is COc1cccc(Cl)c1CNC(=O)C1(/C(N)=N/O)CCC1. The summed E-state index contributed by atoms with van der Waals surface area (Å²) in [6.45, 7) is 0.224. The van der Waals surface area contributed by atoms with Gasteiger partial charge in [-0.1, -0.05) is 29.2 Å². The van der Waals surface area contributed by atoms with Crippen molar-refractivity contribution in [2.75, 3.05) is 7.11 Å². The largest absolute Gasteiger partial charge is 0.496 e. The summed E-state index contributed by atoms with van der Waals surface area (Å²) in [5.41, 5.74) is 5.46. The Kier molecular flexibility index (Phi) is 4.57. The molecule has 7 heteroatoms. The number of hydrogen-bond acceptors (Lipinski definition) is 4. The zero-order valence-electron chi connectivity index (χ0n) is 11.7. The van der Waals surface area contributed by atoms with Gasteiger partial charge in [-0.15, -0.1) is 0 Å². The minimum Gasteiger partial charge on any atom is -0.496 e. The molecule has 0 bridgehead atoms. The van der Waals surface area contributed by atoms with Crippen molar-refractivity contribution in [3.63, 3.8) is 0 Å². The second-order valence-electron chi connectivity index (χ2n) is 5.02. The smallest absolute Gasteiger partial charge is 0.234 e. The molecule has 0 unspecified atom stereocenters. The molecule has 114 valence electrons. The number of carbonyl (C=O) groups excluding carboxylic acids is 1. The second-order valence-corrected chi connectivity index (χ2v) is 5.43. The fourth-order valence-electron chi connectivity index (χ4n) is 2.47. The Labute approximate surface area is 127 Å². The molecular formula is C14H18ClN3O3. The summed E-state index contributed by atoms with van der Waals surface area (Å²) in [6.07, 6.45) is 2.03. The van der Waals surface area contributed by atoms with Crippen LogP contribution in [0.4, 0.5) is 0 Å². The lowest BCUT2D eigenvalue weighted by molar-refractivity contribution is -0.131. The van der Waals surface area contributed by atoms with E-state index in [2.05, 4.69) is 10.5 Å². The minimum absolute atomic E-state index is 0.0441. The van der Waals surface area contributed by atoms with Crippen LogP contribution < -0.4 is 15.8 Å². The lowest BCUT2D eigenvalue weighted by atomic mass is 9.67. The Hall–Kier alpha value is -1.95. The van der Waals surface area contributed by atoms with E-state index in [-0.39, 0.29) is 18.3 Å². The van der Waals surface area contributed by atoms with E-state index >= 15 is 0 Å². The van der Waals surface area contributed by atoms with Crippen LogP contribution in [0, 0.1) is 5.41 Å². The van der Waals surface area contributed by atoms with Crippen LogP contribution in [0.2, 0.25) is 5.02 Å². The molecule has 2 rings (SSSR count). The third-order valence-corrected chi connectivity index (χ3v) is 4.32. The van der Waals surface area contributed by atoms with Gasteiger partial charge < -0.3 is 21.0 Å². The molecule has 1 aromatic rings. The summed E-state index contributed by atoms with van der Waals surface area (Å²) in [5, 5.41) is 15.1. The molecule has 0 aliphatic heterocycles. The first kappa shape index (κ1) is 15.4. The van der Waals surface area contributed by atoms with Gasteiger partial charge in [0.15, 0.2) is 5.84 Å². The van der Waals surface area contributed by atoms with Crippen LogP contribution in [-0.4, -0.2) is 24.1 Å². The number of amidine groups is 1. The molecule has 6 nitrogen and oxygen atoms in total. The fourth-order valence-corrected chi connectivity index (χ4v) is 2.70. The first-order valence-corrected chi connectivity index (χ1v) is 7.00. The van der Waals surface area contributed by atoms with Crippen molar-refractivity contribution in [2.45, 2.75) is 25.8 Å². The standard InChI is InChI=1S/C14H18ClN3O3/c1-21-11-5-2-4-10(15)9(11)8-17-13(19)14(6-3-7-14)12(16)18-20/h2,4-5,20H,3,6-8H2,1H3,(H2,16,18)(H,17,19). The van der Waals surface area contributed by atoms with Crippen molar-refractivity contribution in [3.8, 4) is 5.75 Å². The van der Waals surface area contributed by atoms with Gasteiger partial charge in [-0.3, -0.25) is 4.79 Å². The second kappa shape index (κ2) is 6.22. The molecule has 1 aliphatic rings. The number of rotatable bonds is 5. The first-order chi connectivity index (χ1) is 10.0. The molecule has 0 atom stereocenters. The maximum Gasteiger partial charge on any atom is 0.234 e. The van der Waals surface area contributed by atoms with Crippen molar-refractivity contribution in [3.05, 3.63) is 28.8 Å². The molecule has 0 spiro atoms. The Morgan fingerprint density at radius 2 is 2.29 bits per heavy atom. The van der Waals surface area contributed by atoms with E-state index in [1.807, 2.05) is 0 Å². The van der Waals surface area contributed by atoms with Crippen molar-refractivity contribution < 1.29 is 14.7 Å². The molecule has 1 amide bonds. The van der Waals surface area contributed by atoms with Crippen LogP contribution in [0.25, 0.3) is 0 Å². The van der Waals surface area contributed by atoms with Gasteiger partial charge in [0.25, 0.3) is 0 Å². The van der Waals surface area contributed by atoms with Crippen molar-refractivity contribution >= 4 is 23.3 Å². The lowest BCUT2D eigenvalue weighted by Crippen LogP contribution is -2.53. The quantitative estimate of drug-likeness (QED) is 0.335. The Balaban J connectivity index is 2.12. The molecule has 21 heavy (non-hydrogen) atoms. The topological polar surface area (TPSA) is 96.9 Å². The summed E-state index contributed by atoms with van der Waals surface area (Å²) in [4.78, 5) is 12.4. The van der Waals surface area contributed by atoms with Crippen LogP contribution in [0.3, 0.4) is 0 Å². The zero-order valence-corrected chi connectivity index (χ0v) is 12.5. The number of nitrogens with two attached hydrogens (primary N) is 1. The predicted molar refractivity (Wildman–Crippen MR) is 79.5 cm³/mol. The number of amides is 1. The highest BCUT2D eigenvalue weighted by Crippen LogP contribution is 2.41. The molecule has 0 radical (unpaired) electrons. The van der Waals surface area contributed by atoms with E-state index in [1.54, 1.807) is 25.3 Å². The maximum absolute atomic E-state index is 12.4. The summed E-state index contributed by atoms with van der Waals surface area (Å²) < 4.78 is 5.23. The van der Waals surface area contributed by atoms with Crippen LogP contribution in [0.5, 0.6) is 5.75 Å². The first-order valence-electron chi connectivity index (χ1n) is 6.63. The number of nitrogens with one attached hydrogen (secondary N) is 1. The van der Waals surface area contributed by atoms with E-state index in [9.17, 15) is 4.79 Å². The van der Waals surface area contributed by atoms with Gasteiger partial charge in [0.2, 0.25) is 5.91 Å². The highest BCUT2D eigenvalue weighted by molar-refractivity contribution is 6.31. The van der Waals surface area contributed by atoms with Gasteiger partial charge in [0, 0.05) is 17.1 Å². The summed E-state index contributed by atoms with van der Waals surface area (Å²) in [5.74, 6) is 0.303. The Morgan fingerprint density at radius 3 is 2.81 bits per heavy atom. The number of methoxy groups -OCH3 is 1. The van der Waals surface area contributed by atoms with Crippen molar-refractivity contribution in [1.29, 1.82) is 0 Å². The average Bonchev–Trinajstić information content (AvgIpc) is 2.44. The molecule has 1 aliphatic carbocycles. The third-order valence-electron chi connectivity index (χ3n) is 3.96. The molecule has 1 aromatic carbocycles. The number of benzene rings is 1. The maximum atomic E-state index is 12.4. The highest BCUT2D eigenvalue weighted by Gasteiger charge is 2.48. The molecule has 0 heterocycles.